The first-order valence-corrected chi connectivity index (χ1v) is 6.15. The van der Waals surface area contributed by atoms with E-state index in [2.05, 4.69) is 32.6 Å². The molecular formula is C9H10ClIN2O2. The van der Waals surface area contributed by atoms with E-state index in [0.717, 1.165) is 22.8 Å². The largest absolute Gasteiger partial charge is 0.471 e. The monoisotopic (exact) mass is 340 g/mol. The molecule has 0 saturated heterocycles. The summed E-state index contributed by atoms with van der Waals surface area (Å²) in [5, 5.41) is 9.77. The second-order valence-corrected chi connectivity index (χ2v) is 4.95. The van der Waals surface area contributed by atoms with Crippen LogP contribution in [0, 0.1) is 3.57 Å². The molecule has 0 aliphatic heterocycles. The third-order valence-electron chi connectivity index (χ3n) is 2.36. The lowest BCUT2D eigenvalue weighted by atomic mass is 10.3. The van der Waals surface area contributed by atoms with Gasteiger partial charge in [0.15, 0.2) is 0 Å². The fourth-order valence-corrected chi connectivity index (χ4v) is 2.11. The Balaban J connectivity index is 2.12. The number of halogens is 2. The summed E-state index contributed by atoms with van der Waals surface area (Å²) in [7, 11) is 0. The fourth-order valence-electron chi connectivity index (χ4n) is 1.60. The average molecular weight is 341 g/mol. The van der Waals surface area contributed by atoms with Crippen molar-refractivity contribution in [2.75, 3.05) is 0 Å². The van der Waals surface area contributed by atoms with E-state index in [4.69, 9.17) is 16.3 Å². The Morgan fingerprint density at radius 2 is 2.33 bits per heavy atom. The smallest absolute Gasteiger partial charge is 0.231 e. The van der Waals surface area contributed by atoms with Crippen LogP contribution in [0.4, 0.5) is 0 Å². The maximum absolute atomic E-state index is 9.61. The zero-order chi connectivity index (χ0) is 10.8. The molecule has 1 N–H and O–H groups in total. The van der Waals surface area contributed by atoms with Gasteiger partial charge in [-0.05, 0) is 53.5 Å². The van der Waals surface area contributed by atoms with Crippen molar-refractivity contribution in [1.29, 1.82) is 0 Å². The summed E-state index contributed by atoms with van der Waals surface area (Å²) < 4.78 is 6.41. The van der Waals surface area contributed by atoms with Gasteiger partial charge in [0.25, 0.3) is 0 Å². The summed E-state index contributed by atoms with van der Waals surface area (Å²) in [6.45, 7) is 0. The molecule has 1 fully saturated rings. The average Bonchev–Trinajstić information content (AvgIpc) is 2.58. The number of rotatable bonds is 2. The van der Waals surface area contributed by atoms with Gasteiger partial charge < -0.3 is 9.84 Å². The SMILES string of the molecule is OC1CCCC1Oc1nc(Cl)ncc1I. The third kappa shape index (κ3) is 2.70. The Morgan fingerprint density at radius 1 is 1.53 bits per heavy atom. The summed E-state index contributed by atoms with van der Waals surface area (Å²) in [6.07, 6.45) is 3.69. The van der Waals surface area contributed by atoms with Gasteiger partial charge in [0, 0.05) is 6.20 Å². The molecule has 2 rings (SSSR count). The number of aliphatic hydroxyl groups excluding tert-OH is 1. The van der Waals surface area contributed by atoms with E-state index in [0.29, 0.717) is 5.88 Å². The van der Waals surface area contributed by atoms with Crippen molar-refractivity contribution in [3.05, 3.63) is 15.1 Å². The molecule has 1 aliphatic carbocycles. The van der Waals surface area contributed by atoms with Crippen LogP contribution in [0.5, 0.6) is 5.88 Å². The van der Waals surface area contributed by atoms with Gasteiger partial charge in [0.05, 0.1) is 9.67 Å². The highest BCUT2D eigenvalue weighted by Crippen LogP contribution is 2.26. The quantitative estimate of drug-likeness (QED) is 0.661. The standard InChI is InChI=1S/C9H10ClIN2O2/c10-9-12-4-5(11)8(13-9)15-7-3-1-2-6(7)14/h4,6-7,14H,1-3H2. The van der Waals surface area contributed by atoms with Gasteiger partial charge in [-0.1, -0.05) is 0 Å². The maximum atomic E-state index is 9.61. The molecule has 1 aromatic rings. The molecule has 0 spiro atoms. The predicted molar refractivity (Wildman–Crippen MR) is 64.0 cm³/mol. The van der Waals surface area contributed by atoms with Crippen molar-refractivity contribution in [3.63, 3.8) is 0 Å². The molecule has 15 heavy (non-hydrogen) atoms. The number of nitrogens with zero attached hydrogens (tertiary/aromatic N) is 2. The highest BCUT2D eigenvalue weighted by atomic mass is 127. The van der Waals surface area contributed by atoms with Crippen molar-refractivity contribution in [1.82, 2.24) is 9.97 Å². The lowest BCUT2D eigenvalue weighted by Gasteiger charge is -2.16. The maximum Gasteiger partial charge on any atom is 0.231 e. The molecule has 0 radical (unpaired) electrons. The van der Waals surface area contributed by atoms with Crippen molar-refractivity contribution in [2.45, 2.75) is 31.5 Å². The Hall–Kier alpha value is -0.140. The van der Waals surface area contributed by atoms with E-state index in [-0.39, 0.29) is 11.4 Å². The van der Waals surface area contributed by atoms with Gasteiger partial charge >= 0.3 is 0 Å². The highest BCUT2D eigenvalue weighted by molar-refractivity contribution is 14.1. The molecule has 0 aromatic carbocycles. The molecule has 0 amide bonds. The normalized spacial score (nSPS) is 25.5. The van der Waals surface area contributed by atoms with Crippen LogP contribution < -0.4 is 4.74 Å². The van der Waals surface area contributed by atoms with Crippen molar-refractivity contribution in [3.8, 4) is 5.88 Å². The summed E-state index contributed by atoms with van der Waals surface area (Å²) in [6, 6.07) is 0. The number of ether oxygens (including phenoxy) is 1. The predicted octanol–water partition coefficient (Wildman–Crippen LogP) is 2.03. The van der Waals surface area contributed by atoms with Gasteiger partial charge in [0.2, 0.25) is 11.2 Å². The van der Waals surface area contributed by atoms with Crippen LogP contribution in [-0.2, 0) is 0 Å². The van der Waals surface area contributed by atoms with E-state index >= 15 is 0 Å². The van der Waals surface area contributed by atoms with Gasteiger partial charge in [-0.2, -0.15) is 4.98 Å². The van der Waals surface area contributed by atoms with Crippen LogP contribution in [0.1, 0.15) is 19.3 Å². The Labute approximate surface area is 106 Å². The lowest BCUT2D eigenvalue weighted by molar-refractivity contribution is 0.0567. The molecule has 1 heterocycles. The van der Waals surface area contributed by atoms with Crippen molar-refractivity contribution < 1.29 is 9.84 Å². The van der Waals surface area contributed by atoms with Gasteiger partial charge in [-0.25, -0.2) is 4.98 Å². The van der Waals surface area contributed by atoms with E-state index in [9.17, 15) is 5.11 Å². The molecule has 4 nitrogen and oxygen atoms in total. The number of hydrogen-bond donors (Lipinski definition) is 1. The first kappa shape index (κ1) is 11.3. The Kier molecular flexibility index (Phi) is 3.63. The van der Waals surface area contributed by atoms with E-state index in [1.165, 1.54) is 0 Å². The van der Waals surface area contributed by atoms with Crippen LogP contribution >= 0.6 is 34.2 Å². The van der Waals surface area contributed by atoms with Crippen LogP contribution in [0.3, 0.4) is 0 Å². The second kappa shape index (κ2) is 4.80. The van der Waals surface area contributed by atoms with Crippen LogP contribution in [0.15, 0.2) is 6.20 Å². The first-order valence-electron chi connectivity index (χ1n) is 4.69. The fraction of sp³-hybridized carbons (Fsp3) is 0.556. The third-order valence-corrected chi connectivity index (χ3v) is 3.29. The first-order chi connectivity index (χ1) is 7.16. The summed E-state index contributed by atoms with van der Waals surface area (Å²) in [5.74, 6) is 0.460. The Morgan fingerprint density at radius 3 is 3.00 bits per heavy atom. The van der Waals surface area contributed by atoms with Gasteiger partial charge in [0.1, 0.15) is 6.10 Å². The van der Waals surface area contributed by atoms with Crippen LogP contribution in [-0.4, -0.2) is 27.3 Å². The number of aliphatic hydroxyl groups is 1. The highest BCUT2D eigenvalue weighted by Gasteiger charge is 2.28. The topological polar surface area (TPSA) is 55.2 Å². The number of aromatic nitrogens is 2. The molecule has 6 heteroatoms. The molecule has 1 aromatic heterocycles. The second-order valence-electron chi connectivity index (χ2n) is 3.45. The molecule has 2 unspecified atom stereocenters. The summed E-state index contributed by atoms with van der Waals surface area (Å²) in [4.78, 5) is 7.82. The minimum Gasteiger partial charge on any atom is -0.471 e. The molecule has 1 saturated carbocycles. The molecular weight excluding hydrogens is 330 g/mol. The molecule has 2 atom stereocenters. The van der Waals surface area contributed by atoms with Gasteiger partial charge in [-0.3, -0.25) is 0 Å². The zero-order valence-electron chi connectivity index (χ0n) is 7.86. The van der Waals surface area contributed by atoms with Gasteiger partial charge in [-0.15, -0.1) is 0 Å². The van der Waals surface area contributed by atoms with Crippen molar-refractivity contribution in [2.24, 2.45) is 0 Å². The minimum atomic E-state index is -0.394. The number of hydrogen-bond acceptors (Lipinski definition) is 4. The molecule has 1 aliphatic rings. The van der Waals surface area contributed by atoms with E-state index in [1.54, 1.807) is 6.20 Å². The minimum absolute atomic E-state index is 0.163. The zero-order valence-corrected chi connectivity index (χ0v) is 10.8. The Bertz CT molecular complexity index is 364. The van der Waals surface area contributed by atoms with Crippen LogP contribution in [0.25, 0.3) is 0 Å². The lowest BCUT2D eigenvalue weighted by Crippen LogP contribution is -2.26. The van der Waals surface area contributed by atoms with E-state index < -0.39 is 6.10 Å². The van der Waals surface area contributed by atoms with E-state index in [1.807, 2.05) is 0 Å². The molecule has 82 valence electrons. The van der Waals surface area contributed by atoms with Crippen LogP contribution in [0.2, 0.25) is 5.28 Å². The summed E-state index contributed by atoms with van der Waals surface area (Å²) in [5.41, 5.74) is 0. The van der Waals surface area contributed by atoms with Crippen molar-refractivity contribution >= 4 is 34.2 Å². The molecule has 0 bridgehead atoms. The summed E-state index contributed by atoms with van der Waals surface area (Å²) >= 11 is 7.75.